The van der Waals surface area contributed by atoms with Crippen molar-refractivity contribution in [2.75, 3.05) is 29.9 Å². The second-order valence-electron chi connectivity index (χ2n) is 13.2. The van der Waals surface area contributed by atoms with Gasteiger partial charge in [0, 0.05) is 37.2 Å². The summed E-state index contributed by atoms with van der Waals surface area (Å²) < 4.78 is 7.83. The van der Waals surface area contributed by atoms with E-state index in [-0.39, 0.29) is 29.4 Å². The lowest BCUT2D eigenvalue weighted by molar-refractivity contribution is -0.0384. The Labute approximate surface area is 304 Å². The van der Waals surface area contributed by atoms with Crippen LogP contribution in [0.3, 0.4) is 0 Å². The van der Waals surface area contributed by atoms with Crippen molar-refractivity contribution in [2.24, 2.45) is 0 Å². The summed E-state index contributed by atoms with van der Waals surface area (Å²) in [6, 6.07) is 27.0. The number of anilines is 2. The molecular weight excluding hydrogens is 676 g/mol. The highest BCUT2D eigenvalue weighted by atomic mass is 16.6. The number of nitrogens with zero attached hydrogens (tertiary/aromatic N) is 9. The molecule has 16 heteroatoms. The number of imidazole rings is 1. The number of ether oxygens (including phenoxy) is 1. The van der Waals surface area contributed by atoms with Gasteiger partial charge in [-0.05, 0) is 54.0 Å². The van der Waals surface area contributed by atoms with Crippen LogP contribution in [0.4, 0.5) is 11.8 Å². The molecule has 0 unspecified atom stereocenters. The average molecular weight is 717 g/mol. The minimum atomic E-state index is -1.34. The van der Waals surface area contributed by atoms with E-state index in [1.54, 1.807) is 28.8 Å². The molecule has 2 fully saturated rings. The number of hydrogen-bond donors (Lipinski definition) is 6. The number of aromatic hydroxyl groups is 1. The largest absolute Gasteiger partial charge is 0.508 e. The summed E-state index contributed by atoms with van der Waals surface area (Å²) in [7, 11) is 0. The van der Waals surface area contributed by atoms with Gasteiger partial charge in [-0.15, -0.1) is 10.2 Å². The van der Waals surface area contributed by atoms with Crippen molar-refractivity contribution in [1.29, 1.82) is 5.41 Å². The highest BCUT2D eigenvalue weighted by molar-refractivity contribution is 5.96. The zero-order valence-corrected chi connectivity index (χ0v) is 28.9. The number of phenols is 1. The van der Waals surface area contributed by atoms with Crippen LogP contribution in [0.1, 0.15) is 54.1 Å². The van der Waals surface area contributed by atoms with E-state index >= 15 is 0 Å². The highest BCUT2D eigenvalue weighted by Crippen LogP contribution is 2.39. The standard InChI is InChI=1S/C37H40N12O4/c1-2-49-45-34(44-46-49)31-29(51)30(52)36(53-31)48-21-40-28-33(39-19-27(22-9-5-3-6-10-22)23-11-7-4-8-12-23)42-37(43-35(28)48)47-18-17-25(20-47)41-32(38)24-13-15-26(50)16-14-24/h3-16,21,25,27,29-31,36,50-52H,2,17-20H2,1H3,(H2,38,41)(H,39,42,43)/t25-,29+,30-,31+,36-/m1/s1. The van der Waals surface area contributed by atoms with Crippen molar-refractivity contribution in [3.8, 4) is 5.75 Å². The van der Waals surface area contributed by atoms with Crippen molar-refractivity contribution >= 4 is 28.8 Å². The lowest BCUT2D eigenvalue weighted by Crippen LogP contribution is -2.37. The Morgan fingerprint density at radius 1 is 0.962 bits per heavy atom. The molecule has 272 valence electrons. The number of nitrogens with one attached hydrogen (secondary N) is 3. The Balaban J connectivity index is 1.12. The molecular formula is C37H40N12O4. The Bertz CT molecular complexity index is 2140. The first-order valence-corrected chi connectivity index (χ1v) is 17.6. The van der Waals surface area contributed by atoms with Gasteiger partial charge in [0.1, 0.15) is 23.8 Å². The van der Waals surface area contributed by atoms with Gasteiger partial charge in [0.2, 0.25) is 11.8 Å². The smallest absolute Gasteiger partial charge is 0.229 e. The maximum Gasteiger partial charge on any atom is 0.229 e. The molecule has 0 bridgehead atoms. The summed E-state index contributed by atoms with van der Waals surface area (Å²) in [5.74, 6) is 1.52. The van der Waals surface area contributed by atoms with Crippen molar-refractivity contribution in [3.05, 3.63) is 114 Å². The Kier molecular flexibility index (Phi) is 9.39. The lowest BCUT2D eigenvalue weighted by Gasteiger charge is -2.22. The fraction of sp³-hybridized carbons (Fsp3) is 0.324. The zero-order chi connectivity index (χ0) is 36.5. The van der Waals surface area contributed by atoms with Crippen LogP contribution in [0.25, 0.3) is 11.2 Å². The van der Waals surface area contributed by atoms with Gasteiger partial charge in [-0.3, -0.25) is 9.98 Å². The van der Waals surface area contributed by atoms with Gasteiger partial charge in [0.05, 0.1) is 12.9 Å². The Morgan fingerprint density at radius 2 is 1.68 bits per heavy atom. The van der Waals surface area contributed by atoms with E-state index in [1.807, 2.05) is 48.2 Å². The van der Waals surface area contributed by atoms with Crippen LogP contribution in [0, 0.1) is 5.41 Å². The number of hydrogen-bond acceptors (Lipinski definition) is 13. The van der Waals surface area contributed by atoms with Crippen LogP contribution in [0.5, 0.6) is 5.75 Å². The highest BCUT2D eigenvalue weighted by Gasteiger charge is 2.47. The summed E-state index contributed by atoms with van der Waals surface area (Å²) in [4.78, 5) is 18.1. The number of tetrazole rings is 1. The minimum absolute atomic E-state index is 0.000778. The van der Waals surface area contributed by atoms with E-state index in [2.05, 4.69) is 50.3 Å². The molecule has 53 heavy (non-hydrogen) atoms. The quantitative estimate of drug-likeness (QED) is 0.0843. The predicted octanol–water partition coefficient (Wildman–Crippen LogP) is 2.97. The number of fused-ring (bicyclic) bond motifs is 1. The first kappa shape index (κ1) is 34.1. The predicted molar refractivity (Wildman–Crippen MR) is 196 cm³/mol. The van der Waals surface area contributed by atoms with E-state index in [9.17, 15) is 15.3 Å². The number of rotatable bonds is 11. The second kappa shape index (κ2) is 14.6. The number of aliphatic hydroxyl groups is 2. The first-order chi connectivity index (χ1) is 25.9. The molecule has 5 atom stereocenters. The molecule has 0 aliphatic carbocycles. The van der Waals surface area contributed by atoms with Gasteiger partial charge in [-0.1, -0.05) is 60.7 Å². The molecule has 6 N–H and O–H groups in total. The molecule has 0 radical (unpaired) electrons. The Morgan fingerprint density at radius 3 is 2.36 bits per heavy atom. The van der Waals surface area contributed by atoms with Crippen LogP contribution in [-0.4, -0.2) is 98.8 Å². The van der Waals surface area contributed by atoms with Crippen LogP contribution in [-0.2, 0) is 11.3 Å². The molecule has 5 heterocycles. The molecule has 2 aliphatic heterocycles. The van der Waals surface area contributed by atoms with Crippen LogP contribution in [0.15, 0.2) is 91.3 Å². The minimum Gasteiger partial charge on any atom is -0.508 e. The third-order valence-electron chi connectivity index (χ3n) is 9.78. The zero-order valence-electron chi connectivity index (χ0n) is 28.9. The summed E-state index contributed by atoms with van der Waals surface area (Å²) in [5, 5.41) is 59.8. The van der Waals surface area contributed by atoms with E-state index in [0.717, 1.165) is 17.5 Å². The first-order valence-electron chi connectivity index (χ1n) is 17.6. The lowest BCUT2D eigenvalue weighted by atomic mass is 9.91. The molecule has 8 rings (SSSR count). The molecule has 3 aromatic heterocycles. The van der Waals surface area contributed by atoms with Gasteiger partial charge in [0.25, 0.3) is 0 Å². The number of amidine groups is 1. The number of aliphatic hydroxyl groups excluding tert-OH is 2. The topological polar surface area (TPSA) is 208 Å². The third-order valence-corrected chi connectivity index (χ3v) is 9.78. The SMILES string of the molecule is CCn1nnc([C@H]2O[C@@H](n3cnc4c(NCC(c5ccccc5)c5ccccc5)nc(N5CC[C@@H](NC(=N)c6ccc(O)cc6)C5)nc43)[C@H](O)[C@@H]2O)n1. The van der Waals surface area contributed by atoms with E-state index < -0.39 is 24.5 Å². The summed E-state index contributed by atoms with van der Waals surface area (Å²) >= 11 is 0. The van der Waals surface area contributed by atoms with Gasteiger partial charge < -0.3 is 35.6 Å². The molecule has 2 aliphatic rings. The molecule has 0 amide bonds. The number of aromatic nitrogens is 8. The maximum atomic E-state index is 11.3. The van der Waals surface area contributed by atoms with Gasteiger partial charge in [-0.25, -0.2) is 4.98 Å². The average Bonchev–Trinajstić information content (AvgIpc) is 4.00. The van der Waals surface area contributed by atoms with Crippen LogP contribution < -0.4 is 15.5 Å². The summed E-state index contributed by atoms with van der Waals surface area (Å²) in [6.45, 7) is 4.01. The maximum absolute atomic E-state index is 11.3. The molecule has 3 aromatic carbocycles. The molecule has 6 aromatic rings. The molecule has 0 spiro atoms. The van der Waals surface area contributed by atoms with E-state index in [1.165, 1.54) is 11.1 Å². The molecule has 0 saturated carbocycles. The van der Waals surface area contributed by atoms with Crippen molar-refractivity contribution in [1.82, 2.24) is 45.0 Å². The van der Waals surface area contributed by atoms with Crippen molar-refractivity contribution in [2.45, 2.75) is 56.4 Å². The van der Waals surface area contributed by atoms with E-state index in [0.29, 0.717) is 54.7 Å². The van der Waals surface area contributed by atoms with Crippen LogP contribution in [0.2, 0.25) is 0 Å². The van der Waals surface area contributed by atoms with Crippen molar-refractivity contribution in [3.63, 3.8) is 0 Å². The fourth-order valence-electron chi connectivity index (χ4n) is 6.93. The second-order valence-corrected chi connectivity index (χ2v) is 13.2. The number of benzene rings is 3. The van der Waals surface area contributed by atoms with E-state index in [4.69, 9.17) is 25.1 Å². The fourth-order valence-corrected chi connectivity index (χ4v) is 6.93. The summed E-state index contributed by atoms with van der Waals surface area (Å²) in [6.07, 6.45) is -2.46. The van der Waals surface area contributed by atoms with Gasteiger partial charge in [0.15, 0.2) is 29.3 Å². The van der Waals surface area contributed by atoms with Gasteiger partial charge in [-0.2, -0.15) is 14.8 Å². The molecule has 2 saturated heterocycles. The number of phenolic OH excluding ortho intramolecular Hbond substituents is 1. The van der Waals surface area contributed by atoms with Crippen LogP contribution >= 0.6 is 0 Å². The van der Waals surface area contributed by atoms with Gasteiger partial charge >= 0.3 is 0 Å². The normalized spacial score (nSPS) is 21.4. The van der Waals surface area contributed by atoms with Crippen molar-refractivity contribution < 1.29 is 20.1 Å². The molecule has 16 nitrogen and oxygen atoms in total. The summed E-state index contributed by atoms with van der Waals surface area (Å²) in [5.41, 5.74) is 3.83. The Hall–Kier alpha value is -5.97. The third kappa shape index (κ3) is 6.86. The monoisotopic (exact) mass is 716 g/mol. The number of aryl methyl sites for hydroxylation is 1.